The monoisotopic (exact) mass is 458 g/mol. The highest BCUT2D eigenvalue weighted by atomic mass is 127. The summed E-state index contributed by atoms with van der Waals surface area (Å²) < 4.78 is 0. The molecule has 1 unspecified atom stereocenters. The van der Waals surface area contributed by atoms with Crippen LogP contribution in [0.15, 0.2) is 29.3 Å². The van der Waals surface area contributed by atoms with Gasteiger partial charge >= 0.3 is 0 Å². The highest BCUT2D eigenvalue weighted by Crippen LogP contribution is 2.20. The summed E-state index contributed by atoms with van der Waals surface area (Å²) in [5.41, 5.74) is 2.87. The van der Waals surface area contributed by atoms with Gasteiger partial charge in [0.1, 0.15) is 6.54 Å². The average Bonchev–Trinajstić information content (AvgIpc) is 2.59. The van der Waals surface area contributed by atoms with Gasteiger partial charge in [0.15, 0.2) is 5.96 Å². The number of likely N-dealkylation sites (N-methyl/N-ethyl adjacent to an activating group) is 1. The summed E-state index contributed by atoms with van der Waals surface area (Å²) in [5, 5.41) is 6.87. The molecule has 0 heterocycles. The summed E-state index contributed by atoms with van der Waals surface area (Å²) in [5.74, 6) is 0.767. The third-order valence-corrected chi connectivity index (χ3v) is 4.38. The van der Waals surface area contributed by atoms with Gasteiger partial charge in [0.25, 0.3) is 0 Å². The minimum absolute atomic E-state index is 0. The molecule has 1 atom stereocenters. The third kappa shape index (κ3) is 7.22. The molecule has 140 valence electrons. The number of aryl methyl sites for hydroxylation is 1. The fourth-order valence-electron chi connectivity index (χ4n) is 2.84. The summed E-state index contributed by atoms with van der Waals surface area (Å²) >= 11 is 0. The van der Waals surface area contributed by atoms with Crippen LogP contribution in [-0.4, -0.2) is 50.0 Å². The Hall–Kier alpha value is -1.31. The lowest BCUT2D eigenvalue weighted by molar-refractivity contribution is -0.127. The lowest BCUT2D eigenvalue weighted by Crippen LogP contribution is -2.46. The number of amides is 1. The largest absolute Gasteiger partial charge is 0.356 e. The molecule has 0 spiro atoms. The van der Waals surface area contributed by atoms with Crippen LogP contribution in [0, 0.1) is 0 Å². The number of nitrogens with zero attached hydrogens (tertiary/aromatic N) is 2. The first-order chi connectivity index (χ1) is 11.6. The van der Waals surface area contributed by atoms with Gasteiger partial charge in [-0.25, -0.2) is 4.99 Å². The standard InChI is InChI=1S/C19H30N4O.HI/c1-4-5-12-20-19(21-14-18(24)23(2)3)22-17-11-10-15-8-6-7-9-16(15)13-17;/h6-9,17H,4-5,10-14H2,1-3H3,(H2,20,21,22);1H. The molecule has 25 heavy (non-hydrogen) atoms. The molecule has 2 N–H and O–H groups in total. The van der Waals surface area contributed by atoms with Crippen molar-refractivity contribution in [3.05, 3.63) is 35.4 Å². The third-order valence-electron chi connectivity index (χ3n) is 4.38. The second-order valence-corrected chi connectivity index (χ2v) is 6.59. The van der Waals surface area contributed by atoms with Crippen molar-refractivity contribution in [1.82, 2.24) is 15.5 Å². The number of aliphatic imine (C=N–C) groups is 1. The topological polar surface area (TPSA) is 56.7 Å². The first-order valence-corrected chi connectivity index (χ1v) is 8.92. The quantitative estimate of drug-likeness (QED) is 0.298. The van der Waals surface area contributed by atoms with Gasteiger partial charge in [-0.15, -0.1) is 24.0 Å². The molecule has 2 rings (SSSR count). The van der Waals surface area contributed by atoms with E-state index in [1.807, 2.05) is 0 Å². The zero-order valence-electron chi connectivity index (χ0n) is 15.5. The lowest BCUT2D eigenvalue weighted by atomic mass is 9.88. The maximum absolute atomic E-state index is 11.8. The zero-order chi connectivity index (χ0) is 17.4. The second kappa shape index (κ2) is 11.3. The molecule has 0 aromatic heterocycles. The molecule has 1 aromatic rings. The molecule has 0 bridgehead atoms. The van der Waals surface area contributed by atoms with Crippen LogP contribution in [-0.2, 0) is 17.6 Å². The van der Waals surface area contributed by atoms with Gasteiger partial charge < -0.3 is 15.5 Å². The number of rotatable bonds is 6. The van der Waals surface area contributed by atoms with Crippen molar-refractivity contribution in [1.29, 1.82) is 0 Å². The van der Waals surface area contributed by atoms with E-state index in [9.17, 15) is 4.79 Å². The van der Waals surface area contributed by atoms with Gasteiger partial charge in [-0.1, -0.05) is 37.6 Å². The number of nitrogens with one attached hydrogen (secondary N) is 2. The highest BCUT2D eigenvalue weighted by molar-refractivity contribution is 14.0. The molecular formula is C19H31IN4O. The van der Waals surface area contributed by atoms with Gasteiger partial charge in [-0.3, -0.25) is 4.79 Å². The SMILES string of the molecule is CCCCNC(=NCC(=O)N(C)C)NC1CCc2ccccc2C1.I. The first kappa shape index (κ1) is 21.7. The van der Waals surface area contributed by atoms with E-state index in [4.69, 9.17) is 0 Å². The van der Waals surface area contributed by atoms with Crippen molar-refractivity contribution in [2.45, 2.75) is 45.1 Å². The van der Waals surface area contributed by atoms with Crippen LogP contribution in [0.5, 0.6) is 0 Å². The minimum atomic E-state index is 0. The van der Waals surface area contributed by atoms with E-state index < -0.39 is 0 Å². The summed E-state index contributed by atoms with van der Waals surface area (Å²) in [7, 11) is 3.51. The normalized spacial score (nSPS) is 16.4. The number of hydrogen-bond donors (Lipinski definition) is 2. The first-order valence-electron chi connectivity index (χ1n) is 8.92. The van der Waals surface area contributed by atoms with Crippen molar-refractivity contribution in [3.8, 4) is 0 Å². The van der Waals surface area contributed by atoms with Crippen molar-refractivity contribution >= 4 is 35.8 Å². The number of unbranched alkanes of at least 4 members (excludes halogenated alkanes) is 1. The van der Waals surface area contributed by atoms with Crippen molar-refractivity contribution in [3.63, 3.8) is 0 Å². The van der Waals surface area contributed by atoms with E-state index in [-0.39, 0.29) is 36.4 Å². The Morgan fingerprint density at radius 1 is 1.28 bits per heavy atom. The molecule has 1 amide bonds. The molecule has 1 aromatic carbocycles. The molecule has 0 fully saturated rings. The molecule has 0 aliphatic heterocycles. The Kier molecular flexibility index (Phi) is 9.85. The zero-order valence-corrected chi connectivity index (χ0v) is 17.9. The van der Waals surface area contributed by atoms with E-state index in [1.54, 1.807) is 19.0 Å². The lowest BCUT2D eigenvalue weighted by Gasteiger charge is -2.27. The van der Waals surface area contributed by atoms with E-state index in [1.165, 1.54) is 11.1 Å². The Morgan fingerprint density at radius 3 is 2.68 bits per heavy atom. The summed E-state index contributed by atoms with van der Waals surface area (Å²) in [6, 6.07) is 9.00. The fourth-order valence-corrected chi connectivity index (χ4v) is 2.84. The van der Waals surface area contributed by atoms with E-state index in [2.05, 4.69) is 46.8 Å². The van der Waals surface area contributed by atoms with Gasteiger partial charge in [0.2, 0.25) is 5.91 Å². The van der Waals surface area contributed by atoms with Crippen LogP contribution >= 0.6 is 24.0 Å². The maximum Gasteiger partial charge on any atom is 0.243 e. The molecule has 0 saturated carbocycles. The Labute approximate surface area is 168 Å². The average molecular weight is 458 g/mol. The number of guanidine groups is 1. The summed E-state index contributed by atoms with van der Waals surface area (Å²) in [4.78, 5) is 17.8. The second-order valence-electron chi connectivity index (χ2n) is 6.59. The van der Waals surface area contributed by atoms with Gasteiger partial charge in [0.05, 0.1) is 0 Å². The Bertz CT molecular complexity index is 574. The number of carbonyl (C=O) groups is 1. The predicted molar refractivity (Wildman–Crippen MR) is 115 cm³/mol. The summed E-state index contributed by atoms with van der Waals surface area (Å²) in [6.45, 7) is 3.22. The van der Waals surface area contributed by atoms with Gasteiger partial charge in [-0.2, -0.15) is 0 Å². The number of benzene rings is 1. The number of fused-ring (bicyclic) bond motifs is 1. The Morgan fingerprint density at radius 2 is 2.00 bits per heavy atom. The van der Waals surface area contributed by atoms with E-state index in [0.29, 0.717) is 6.04 Å². The van der Waals surface area contributed by atoms with Gasteiger partial charge in [0, 0.05) is 26.7 Å². The fraction of sp³-hybridized carbons (Fsp3) is 0.579. The van der Waals surface area contributed by atoms with Crippen molar-refractivity contribution < 1.29 is 4.79 Å². The molecule has 1 aliphatic rings. The summed E-state index contributed by atoms with van der Waals surface area (Å²) in [6.07, 6.45) is 5.41. The van der Waals surface area contributed by atoms with Crippen LogP contribution in [0.3, 0.4) is 0 Å². The van der Waals surface area contributed by atoms with E-state index in [0.717, 1.165) is 44.6 Å². The molecule has 0 radical (unpaired) electrons. The number of halogens is 1. The number of carbonyl (C=O) groups excluding carboxylic acids is 1. The highest BCUT2D eigenvalue weighted by Gasteiger charge is 2.19. The smallest absolute Gasteiger partial charge is 0.243 e. The minimum Gasteiger partial charge on any atom is -0.356 e. The van der Waals surface area contributed by atoms with Crippen molar-refractivity contribution in [2.24, 2.45) is 4.99 Å². The van der Waals surface area contributed by atoms with Gasteiger partial charge in [-0.05, 0) is 36.8 Å². The van der Waals surface area contributed by atoms with Crippen LogP contribution in [0.25, 0.3) is 0 Å². The maximum atomic E-state index is 11.8. The van der Waals surface area contributed by atoms with Crippen LogP contribution < -0.4 is 10.6 Å². The van der Waals surface area contributed by atoms with Crippen molar-refractivity contribution in [2.75, 3.05) is 27.2 Å². The Balaban J connectivity index is 0.00000312. The van der Waals surface area contributed by atoms with Crippen LogP contribution in [0.4, 0.5) is 0 Å². The molecule has 1 aliphatic carbocycles. The predicted octanol–water partition coefficient (Wildman–Crippen LogP) is 2.59. The molecule has 5 nitrogen and oxygen atoms in total. The van der Waals surface area contributed by atoms with E-state index >= 15 is 0 Å². The van der Waals surface area contributed by atoms with Crippen LogP contribution in [0.1, 0.15) is 37.3 Å². The number of hydrogen-bond acceptors (Lipinski definition) is 2. The molecule has 0 saturated heterocycles. The molecule has 6 heteroatoms. The van der Waals surface area contributed by atoms with Crippen LogP contribution in [0.2, 0.25) is 0 Å². The molecular weight excluding hydrogens is 427 g/mol.